The second-order valence-corrected chi connectivity index (χ2v) is 4.80. The minimum absolute atomic E-state index is 0.250. The summed E-state index contributed by atoms with van der Waals surface area (Å²) in [6.45, 7) is 6.86. The quantitative estimate of drug-likeness (QED) is 0.632. The second kappa shape index (κ2) is 4.45. The molecule has 0 radical (unpaired) electrons. The molecule has 2 N–H and O–H groups in total. The molecular formula is C12H22O2. The van der Waals surface area contributed by atoms with Gasteiger partial charge in [0.2, 0.25) is 0 Å². The van der Waals surface area contributed by atoms with Gasteiger partial charge in [0.05, 0.1) is 6.61 Å². The summed E-state index contributed by atoms with van der Waals surface area (Å²) >= 11 is 0. The Bertz CT molecular complexity index is 218. The van der Waals surface area contributed by atoms with Crippen LogP contribution >= 0.6 is 0 Å². The van der Waals surface area contributed by atoms with Crippen molar-refractivity contribution in [2.24, 2.45) is 17.3 Å². The van der Waals surface area contributed by atoms with Gasteiger partial charge in [0, 0.05) is 6.61 Å². The van der Waals surface area contributed by atoms with Gasteiger partial charge in [0.1, 0.15) is 0 Å². The predicted octanol–water partition coefficient (Wildman–Crippen LogP) is 1.97. The van der Waals surface area contributed by atoms with Crippen molar-refractivity contribution in [3.8, 4) is 0 Å². The molecule has 3 rings (SSSR count). The van der Waals surface area contributed by atoms with Crippen molar-refractivity contribution in [2.45, 2.75) is 33.6 Å². The van der Waals surface area contributed by atoms with Crippen molar-refractivity contribution in [1.29, 1.82) is 0 Å². The van der Waals surface area contributed by atoms with Crippen molar-refractivity contribution in [3.63, 3.8) is 0 Å². The van der Waals surface area contributed by atoms with Gasteiger partial charge < -0.3 is 10.2 Å². The van der Waals surface area contributed by atoms with Gasteiger partial charge in [-0.1, -0.05) is 19.9 Å². The molecule has 2 nitrogen and oxygen atoms in total. The number of hydrogen-bond acceptors (Lipinski definition) is 2. The van der Waals surface area contributed by atoms with Gasteiger partial charge in [-0.15, -0.1) is 0 Å². The Morgan fingerprint density at radius 3 is 2.29 bits per heavy atom. The zero-order valence-electron chi connectivity index (χ0n) is 9.45. The van der Waals surface area contributed by atoms with Gasteiger partial charge in [-0.3, -0.25) is 0 Å². The Morgan fingerprint density at radius 2 is 2.00 bits per heavy atom. The summed E-state index contributed by atoms with van der Waals surface area (Å²) in [5.74, 6) is 1.58. The molecule has 0 aliphatic heterocycles. The zero-order chi connectivity index (χ0) is 10.8. The van der Waals surface area contributed by atoms with E-state index in [1.807, 2.05) is 0 Å². The molecule has 0 heterocycles. The van der Waals surface area contributed by atoms with E-state index in [1.54, 1.807) is 6.92 Å². The van der Waals surface area contributed by atoms with E-state index in [2.05, 4.69) is 19.9 Å². The number of fused-ring (bicyclic) bond motifs is 1. The van der Waals surface area contributed by atoms with E-state index in [-0.39, 0.29) is 13.2 Å². The standard InChI is InChI=1S/C10H16O.C2H6O/c1-10(2)8-4-3-7(6-11)9(10)5-8;1-2-3/h3,8-9,11H,4-6H2,1-2H3;3H,2H2,1H3. The molecule has 0 saturated heterocycles. The van der Waals surface area contributed by atoms with Crippen LogP contribution in [0.3, 0.4) is 0 Å². The molecule has 3 aliphatic rings. The number of hydrogen-bond donors (Lipinski definition) is 2. The van der Waals surface area contributed by atoms with Crippen LogP contribution in [-0.4, -0.2) is 23.4 Å². The highest BCUT2D eigenvalue weighted by Crippen LogP contribution is 2.58. The van der Waals surface area contributed by atoms with Crippen LogP contribution in [0.15, 0.2) is 11.6 Å². The minimum Gasteiger partial charge on any atom is -0.397 e. The zero-order valence-corrected chi connectivity index (χ0v) is 9.45. The molecule has 0 spiro atoms. The lowest BCUT2D eigenvalue weighted by atomic mass is 9.49. The molecule has 2 heteroatoms. The fraction of sp³-hybridized carbons (Fsp3) is 0.833. The molecule has 82 valence electrons. The smallest absolute Gasteiger partial charge is 0.0644 e. The monoisotopic (exact) mass is 198 g/mol. The first-order valence-electron chi connectivity index (χ1n) is 5.48. The molecular weight excluding hydrogens is 176 g/mol. The third kappa shape index (κ3) is 1.86. The summed E-state index contributed by atoms with van der Waals surface area (Å²) in [4.78, 5) is 0. The molecule has 1 saturated carbocycles. The van der Waals surface area contributed by atoms with Crippen LogP contribution in [0.2, 0.25) is 0 Å². The highest BCUT2D eigenvalue weighted by atomic mass is 16.3. The SMILES string of the molecule is CC1(C)C2CC=C(CO)C1C2.CCO. The first-order valence-corrected chi connectivity index (χ1v) is 5.48. The van der Waals surface area contributed by atoms with Crippen LogP contribution in [0, 0.1) is 17.3 Å². The van der Waals surface area contributed by atoms with Gasteiger partial charge >= 0.3 is 0 Å². The first kappa shape index (κ1) is 11.7. The van der Waals surface area contributed by atoms with Gasteiger partial charge in [-0.05, 0) is 42.6 Å². The fourth-order valence-corrected chi connectivity index (χ4v) is 2.66. The van der Waals surface area contributed by atoms with E-state index in [4.69, 9.17) is 10.2 Å². The molecule has 2 atom stereocenters. The maximum atomic E-state index is 9.05. The van der Waals surface area contributed by atoms with Crippen molar-refractivity contribution in [3.05, 3.63) is 11.6 Å². The molecule has 2 unspecified atom stereocenters. The summed E-state index contributed by atoms with van der Waals surface area (Å²) < 4.78 is 0. The van der Waals surface area contributed by atoms with Crippen LogP contribution in [0.4, 0.5) is 0 Å². The lowest BCUT2D eigenvalue weighted by Crippen LogP contribution is -2.48. The molecule has 0 aromatic heterocycles. The summed E-state index contributed by atoms with van der Waals surface area (Å²) in [6.07, 6.45) is 4.75. The largest absolute Gasteiger partial charge is 0.397 e. The minimum atomic E-state index is 0.250. The number of allylic oxidation sites excluding steroid dienone is 1. The number of aliphatic hydroxyl groups is 2. The van der Waals surface area contributed by atoms with Crippen molar-refractivity contribution in [1.82, 2.24) is 0 Å². The molecule has 14 heavy (non-hydrogen) atoms. The molecule has 2 bridgehead atoms. The van der Waals surface area contributed by atoms with E-state index in [1.165, 1.54) is 18.4 Å². The normalized spacial score (nSPS) is 32.2. The van der Waals surface area contributed by atoms with Crippen LogP contribution < -0.4 is 0 Å². The molecule has 0 aromatic rings. The van der Waals surface area contributed by atoms with Crippen molar-refractivity contribution < 1.29 is 10.2 Å². The molecule has 0 aromatic carbocycles. The lowest BCUT2D eigenvalue weighted by molar-refractivity contribution is -0.0125. The maximum absolute atomic E-state index is 9.05. The third-order valence-corrected chi connectivity index (χ3v) is 3.77. The van der Waals surface area contributed by atoms with Crippen LogP contribution in [0.1, 0.15) is 33.6 Å². The summed E-state index contributed by atoms with van der Waals surface area (Å²) in [5, 5.41) is 16.6. The second-order valence-electron chi connectivity index (χ2n) is 4.80. The lowest BCUT2D eigenvalue weighted by Gasteiger charge is -2.56. The van der Waals surface area contributed by atoms with Gasteiger partial charge in [-0.25, -0.2) is 0 Å². The predicted molar refractivity (Wildman–Crippen MR) is 57.9 cm³/mol. The Morgan fingerprint density at radius 1 is 1.43 bits per heavy atom. The molecule has 1 fully saturated rings. The van der Waals surface area contributed by atoms with E-state index < -0.39 is 0 Å². The first-order chi connectivity index (χ1) is 6.57. The number of aliphatic hydroxyl groups excluding tert-OH is 2. The third-order valence-electron chi connectivity index (χ3n) is 3.77. The van der Waals surface area contributed by atoms with E-state index in [0.29, 0.717) is 11.3 Å². The highest BCUT2D eigenvalue weighted by Gasteiger charge is 2.50. The fourth-order valence-electron chi connectivity index (χ4n) is 2.66. The Hall–Kier alpha value is -0.340. The van der Waals surface area contributed by atoms with Crippen LogP contribution in [0.5, 0.6) is 0 Å². The van der Waals surface area contributed by atoms with Crippen LogP contribution in [-0.2, 0) is 0 Å². The Kier molecular flexibility index (Phi) is 3.73. The summed E-state index contributed by atoms with van der Waals surface area (Å²) in [7, 11) is 0. The molecule has 0 amide bonds. The maximum Gasteiger partial charge on any atom is 0.0644 e. The van der Waals surface area contributed by atoms with Gasteiger partial charge in [-0.2, -0.15) is 0 Å². The van der Waals surface area contributed by atoms with E-state index in [0.717, 1.165) is 5.92 Å². The highest BCUT2D eigenvalue weighted by molar-refractivity contribution is 5.23. The van der Waals surface area contributed by atoms with Gasteiger partial charge in [0.25, 0.3) is 0 Å². The Labute approximate surface area is 86.6 Å². The van der Waals surface area contributed by atoms with Crippen molar-refractivity contribution in [2.75, 3.05) is 13.2 Å². The van der Waals surface area contributed by atoms with Crippen molar-refractivity contribution >= 4 is 0 Å². The van der Waals surface area contributed by atoms with Crippen LogP contribution in [0.25, 0.3) is 0 Å². The van der Waals surface area contributed by atoms with E-state index in [9.17, 15) is 0 Å². The topological polar surface area (TPSA) is 40.5 Å². The molecule has 3 aliphatic carbocycles. The summed E-state index contributed by atoms with van der Waals surface area (Å²) in [5.41, 5.74) is 1.77. The average molecular weight is 198 g/mol. The van der Waals surface area contributed by atoms with Gasteiger partial charge in [0.15, 0.2) is 0 Å². The van der Waals surface area contributed by atoms with E-state index >= 15 is 0 Å². The summed E-state index contributed by atoms with van der Waals surface area (Å²) in [6, 6.07) is 0. The average Bonchev–Trinajstić information content (AvgIpc) is 2.18. The number of rotatable bonds is 1. The Balaban J connectivity index is 0.000000293.